The summed E-state index contributed by atoms with van der Waals surface area (Å²) >= 11 is 0. The Labute approximate surface area is 98.2 Å². The van der Waals surface area contributed by atoms with Crippen LogP contribution in [0.5, 0.6) is 5.75 Å². The maximum Gasteiger partial charge on any atom is 0.314 e. The minimum absolute atomic E-state index is 0.184. The summed E-state index contributed by atoms with van der Waals surface area (Å²) in [5.41, 5.74) is -0.413. The average Bonchev–Trinajstić information content (AvgIpc) is 3.13. The summed E-state index contributed by atoms with van der Waals surface area (Å²) in [6.45, 7) is 0. The van der Waals surface area contributed by atoms with Crippen molar-refractivity contribution >= 4 is 5.97 Å². The summed E-state index contributed by atoms with van der Waals surface area (Å²) in [4.78, 5) is 11.3. The molecule has 90 valence electrons. The molecule has 3 nitrogen and oxygen atoms in total. The Morgan fingerprint density at radius 1 is 1.41 bits per heavy atom. The van der Waals surface area contributed by atoms with E-state index in [2.05, 4.69) is 0 Å². The fourth-order valence-corrected chi connectivity index (χ4v) is 2.07. The number of rotatable bonds is 4. The van der Waals surface area contributed by atoms with E-state index >= 15 is 0 Å². The van der Waals surface area contributed by atoms with Gasteiger partial charge in [-0.1, -0.05) is 0 Å². The minimum atomic E-state index is -0.910. The molecule has 17 heavy (non-hydrogen) atoms. The van der Waals surface area contributed by atoms with Crippen LogP contribution in [-0.2, 0) is 10.2 Å². The van der Waals surface area contributed by atoms with Crippen molar-refractivity contribution in [3.8, 4) is 5.75 Å². The molecule has 0 radical (unpaired) electrons. The number of carboxylic acids is 1. The number of hydrogen-bond acceptors (Lipinski definition) is 2. The molecule has 4 heteroatoms. The zero-order chi connectivity index (χ0) is 12.0. The van der Waals surface area contributed by atoms with E-state index in [9.17, 15) is 14.3 Å². The molecule has 0 atom stereocenters. The third-order valence-corrected chi connectivity index (χ3v) is 3.43. The molecule has 1 aromatic carbocycles. The zero-order valence-corrected chi connectivity index (χ0v) is 9.28. The van der Waals surface area contributed by atoms with Crippen LogP contribution in [0.2, 0.25) is 0 Å². The molecule has 0 unspecified atom stereocenters. The van der Waals surface area contributed by atoms with Gasteiger partial charge in [-0.3, -0.25) is 4.79 Å². The van der Waals surface area contributed by atoms with Gasteiger partial charge in [0.2, 0.25) is 0 Å². The summed E-state index contributed by atoms with van der Waals surface area (Å²) in [6, 6.07) is 4.17. The normalized spacial score (nSPS) is 21.0. The Hall–Kier alpha value is -1.58. The first kappa shape index (κ1) is 10.6. The van der Waals surface area contributed by atoms with Crippen LogP contribution in [0.25, 0.3) is 0 Å². The first-order valence-electron chi connectivity index (χ1n) is 5.82. The van der Waals surface area contributed by atoms with E-state index in [4.69, 9.17) is 4.74 Å². The van der Waals surface area contributed by atoms with Crippen molar-refractivity contribution in [3.63, 3.8) is 0 Å². The summed E-state index contributed by atoms with van der Waals surface area (Å²) in [5, 5.41) is 9.24. The molecule has 0 aliphatic heterocycles. The molecule has 0 heterocycles. The zero-order valence-electron chi connectivity index (χ0n) is 9.28. The smallest absolute Gasteiger partial charge is 0.314 e. The second-order valence-corrected chi connectivity index (χ2v) is 4.84. The van der Waals surface area contributed by atoms with Gasteiger partial charge in [0.15, 0.2) is 0 Å². The number of halogens is 1. The highest BCUT2D eigenvalue weighted by Crippen LogP contribution is 2.52. The third kappa shape index (κ3) is 1.77. The lowest BCUT2D eigenvalue weighted by molar-refractivity contribution is -0.140. The maximum atomic E-state index is 13.3. The molecule has 1 N–H and O–H groups in total. The van der Waals surface area contributed by atoms with Crippen LogP contribution in [0, 0.1) is 5.82 Å². The van der Waals surface area contributed by atoms with E-state index < -0.39 is 17.2 Å². The topological polar surface area (TPSA) is 46.5 Å². The summed E-state index contributed by atoms with van der Waals surface area (Å²) in [6.07, 6.45) is 3.30. The van der Waals surface area contributed by atoms with E-state index in [0.29, 0.717) is 24.2 Å². The molecule has 2 saturated carbocycles. The SMILES string of the molecule is O=C(O)C1(c2cc(F)ccc2OC2CC2)CC1. The van der Waals surface area contributed by atoms with Gasteiger partial charge in [-0.05, 0) is 43.9 Å². The van der Waals surface area contributed by atoms with E-state index in [1.165, 1.54) is 12.1 Å². The van der Waals surface area contributed by atoms with Gasteiger partial charge < -0.3 is 9.84 Å². The Morgan fingerprint density at radius 3 is 2.65 bits per heavy atom. The Balaban J connectivity index is 2.00. The Morgan fingerprint density at radius 2 is 2.12 bits per heavy atom. The number of aliphatic carboxylic acids is 1. The van der Waals surface area contributed by atoms with E-state index in [-0.39, 0.29) is 6.10 Å². The molecule has 0 spiro atoms. The second kappa shape index (κ2) is 3.45. The summed E-state index contributed by atoms with van der Waals surface area (Å²) in [5.74, 6) is -0.756. The number of hydrogen-bond donors (Lipinski definition) is 1. The number of ether oxygens (including phenoxy) is 1. The lowest BCUT2D eigenvalue weighted by Gasteiger charge is -2.16. The monoisotopic (exact) mass is 236 g/mol. The summed E-state index contributed by atoms with van der Waals surface area (Å²) in [7, 11) is 0. The van der Waals surface area contributed by atoms with Crippen molar-refractivity contribution in [2.75, 3.05) is 0 Å². The van der Waals surface area contributed by atoms with Gasteiger partial charge in [-0.15, -0.1) is 0 Å². The van der Waals surface area contributed by atoms with Gasteiger partial charge in [-0.2, -0.15) is 0 Å². The lowest BCUT2D eigenvalue weighted by Crippen LogP contribution is -2.21. The average molecular weight is 236 g/mol. The standard InChI is InChI=1S/C13H13FO3/c14-8-1-4-11(17-9-2-3-9)10(7-8)13(5-6-13)12(15)16/h1,4,7,9H,2-3,5-6H2,(H,15,16). The molecule has 2 aliphatic rings. The largest absolute Gasteiger partial charge is 0.490 e. The van der Waals surface area contributed by atoms with Crippen LogP contribution in [0.1, 0.15) is 31.2 Å². The van der Waals surface area contributed by atoms with Crippen molar-refractivity contribution in [2.24, 2.45) is 0 Å². The van der Waals surface area contributed by atoms with Gasteiger partial charge in [-0.25, -0.2) is 4.39 Å². The molecule has 0 amide bonds. The van der Waals surface area contributed by atoms with Crippen LogP contribution in [0.15, 0.2) is 18.2 Å². The van der Waals surface area contributed by atoms with Crippen molar-refractivity contribution in [3.05, 3.63) is 29.6 Å². The van der Waals surface area contributed by atoms with Gasteiger partial charge in [0.05, 0.1) is 11.5 Å². The molecule has 0 bridgehead atoms. The van der Waals surface area contributed by atoms with E-state index in [1.54, 1.807) is 6.07 Å². The number of benzene rings is 1. The van der Waals surface area contributed by atoms with Crippen LogP contribution < -0.4 is 4.74 Å². The first-order valence-corrected chi connectivity index (χ1v) is 5.82. The Kier molecular flexibility index (Phi) is 2.15. The van der Waals surface area contributed by atoms with Gasteiger partial charge in [0, 0.05) is 5.56 Å². The van der Waals surface area contributed by atoms with Crippen molar-refractivity contribution in [2.45, 2.75) is 37.2 Å². The third-order valence-electron chi connectivity index (χ3n) is 3.43. The minimum Gasteiger partial charge on any atom is -0.490 e. The molecule has 2 fully saturated rings. The van der Waals surface area contributed by atoms with Crippen LogP contribution in [0.3, 0.4) is 0 Å². The highest BCUT2D eigenvalue weighted by atomic mass is 19.1. The molecule has 1 aromatic rings. The fourth-order valence-electron chi connectivity index (χ4n) is 2.07. The fraction of sp³-hybridized carbons (Fsp3) is 0.462. The molecule has 2 aliphatic carbocycles. The van der Waals surface area contributed by atoms with E-state index in [0.717, 1.165) is 12.8 Å². The van der Waals surface area contributed by atoms with Crippen LogP contribution in [0.4, 0.5) is 4.39 Å². The number of carbonyl (C=O) groups is 1. The van der Waals surface area contributed by atoms with E-state index in [1.807, 2.05) is 0 Å². The molecular weight excluding hydrogens is 223 g/mol. The molecule has 0 aromatic heterocycles. The highest BCUT2D eigenvalue weighted by molar-refractivity contribution is 5.86. The first-order chi connectivity index (χ1) is 8.12. The van der Waals surface area contributed by atoms with Gasteiger partial charge in [0.1, 0.15) is 11.6 Å². The van der Waals surface area contributed by atoms with Crippen molar-refractivity contribution in [1.82, 2.24) is 0 Å². The predicted molar refractivity (Wildman–Crippen MR) is 58.6 cm³/mol. The number of carboxylic acid groups (broad SMARTS) is 1. The van der Waals surface area contributed by atoms with Crippen LogP contribution >= 0.6 is 0 Å². The molecular formula is C13H13FO3. The van der Waals surface area contributed by atoms with Gasteiger partial charge >= 0.3 is 5.97 Å². The second-order valence-electron chi connectivity index (χ2n) is 4.84. The maximum absolute atomic E-state index is 13.3. The molecule has 0 saturated heterocycles. The Bertz CT molecular complexity index is 476. The van der Waals surface area contributed by atoms with Crippen molar-refractivity contribution in [1.29, 1.82) is 0 Å². The van der Waals surface area contributed by atoms with Crippen LogP contribution in [-0.4, -0.2) is 17.2 Å². The molecule has 3 rings (SSSR count). The summed E-state index contributed by atoms with van der Waals surface area (Å²) < 4.78 is 18.9. The highest BCUT2D eigenvalue weighted by Gasteiger charge is 2.53. The van der Waals surface area contributed by atoms with Crippen molar-refractivity contribution < 1.29 is 19.0 Å². The lowest BCUT2D eigenvalue weighted by atomic mass is 9.95. The predicted octanol–water partition coefficient (Wildman–Crippen LogP) is 2.48. The quantitative estimate of drug-likeness (QED) is 0.873. The van der Waals surface area contributed by atoms with Gasteiger partial charge in [0.25, 0.3) is 0 Å².